The van der Waals surface area contributed by atoms with Gasteiger partial charge >= 0.3 is 5.97 Å². The summed E-state index contributed by atoms with van der Waals surface area (Å²) in [6.45, 7) is 10.9. The van der Waals surface area contributed by atoms with Crippen molar-refractivity contribution in [1.29, 1.82) is 0 Å². The summed E-state index contributed by atoms with van der Waals surface area (Å²) in [5.74, 6) is -0.351. The fraction of sp³-hybridized carbons (Fsp3) is 0.941. The van der Waals surface area contributed by atoms with Crippen molar-refractivity contribution in [2.45, 2.75) is 59.4 Å². The smallest absolute Gasteiger partial charge is 0.322 e. The van der Waals surface area contributed by atoms with Gasteiger partial charge in [0.2, 0.25) is 0 Å². The normalized spacial score (nSPS) is 16.0. The fourth-order valence-corrected chi connectivity index (χ4v) is 1.92. The van der Waals surface area contributed by atoms with E-state index in [1.807, 2.05) is 13.8 Å². The second-order valence-electron chi connectivity index (χ2n) is 7.52. The van der Waals surface area contributed by atoms with Gasteiger partial charge in [-0.05, 0) is 32.4 Å². The van der Waals surface area contributed by atoms with Crippen molar-refractivity contribution in [3.63, 3.8) is 0 Å². The third kappa shape index (κ3) is 9.91. The summed E-state index contributed by atoms with van der Waals surface area (Å²) in [7, 11) is 0. The van der Waals surface area contributed by atoms with Crippen LogP contribution in [0.2, 0.25) is 0 Å². The number of unbranched alkanes of at least 4 members (excludes halogenated alkanes) is 1. The van der Waals surface area contributed by atoms with E-state index in [0.717, 1.165) is 19.3 Å². The SMILES string of the molecule is CCC(C)(CN)COCC(C)(C)COC(=O)C(N)CCCCN. The molecule has 23 heavy (non-hydrogen) atoms. The Kier molecular flexibility index (Phi) is 10.6. The Balaban J connectivity index is 4.09. The summed E-state index contributed by atoms with van der Waals surface area (Å²) in [5.41, 5.74) is 16.8. The average molecular weight is 332 g/mol. The monoisotopic (exact) mass is 331 g/mol. The lowest BCUT2D eigenvalue weighted by molar-refractivity contribution is -0.150. The highest BCUT2D eigenvalue weighted by Crippen LogP contribution is 2.22. The number of carbonyl (C=O) groups excluding carboxylic acids is 1. The van der Waals surface area contributed by atoms with Gasteiger partial charge in [-0.3, -0.25) is 4.79 Å². The Morgan fingerprint density at radius 3 is 2.26 bits per heavy atom. The summed E-state index contributed by atoms with van der Waals surface area (Å²) >= 11 is 0. The van der Waals surface area contributed by atoms with Gasteiger partial charge in [0.15, 0.2) is 0 Å². The molecule has 0 aliphatic carbocycles. The van der Waals surface area contributed by atoms with Gasteiger partial charge in [-0.2, -0.15) is 0 Å². The summed E-state index contributed by atoms with van der Waals surface area (Å²) in [5, 5.41) is 0. The van der Waals surface area contributed by atoms with E-state index in [2.05, 4.69) is 13.8 Å². The second kappa shape index (κ2) is 11.0. The highest BCUT2D eigenvalue weighted by molar-refractivity contribution is 5.75. The summed E-state index contributed by atoms with van der Waals surface area (Å²) in [6.07, 6.45) is 3.29. The Morgan fingerprint density at radius 2 is 1.74 bits per heavy atom. The molecule has 6 heteroatoms. The van der Waals surface area contributed by atoms with Crippen LogP contribution in [0.25, 0.3) is 0 Å². The molecule has 0 fully saturated rings. The Morgan fingerprint density at radius 1 is 1.09 bits per heavy atom. The van der Waals surface area contributed by atoms with Gasteiger partial charge in [0, 0.05) is 10.8 Å². The minimum atomic E-state index is -0.570. The van der Waals surface area contributed by atoms with Gasteiger partial charge in [-0.15, -0.1) is 0 Å². The third-order valence-corrected chi connectivity index (χ3v) is 4.17. The molecule has 6 nitrogen and oxygen atoms in total. The summed E-state index contributed by atoms with van der Waals surface area (Å²) < 4.78 is 11.1. The number of carbonyl (C=O) groups is 1. The molecule has 0 heterocycles. The molecule has 0 bridgehead atoms. The van der Waals surface area contributed by atoms with Crippen LogP contribution in [0.1, 0.15) is 53.4 Å². The first kappa shape index (κ1) is 22.3. The molecule has 138 valence electrons. The Bertz CT molecular complexity index is 331. The molecule has 0 aromatic rings. The average Bonchev–Trinajstić information content (AvgIpc) is 2.52. The number of hydrogen-bond acceptors (Lipinski definition) is 6. The van der Waals surface area contributed by atoms with Crippen molar-refractivity contribution in [3.8, 4) is 0 Å². The van der Waals surface area contributed by atoms with E-state index < -0.39 is 6.04 Å². The highest BCUT2D eigenvalue weighted by atomic mass is 16.5. The van der Waals surface area contributed by atoms with Crippen LogP contribution in [0.4, 0.5) is 0 Å². The zero-order valence-corrected chi connectivity index (χ0v) is 15.4. The van der Waals surface area contributed by atoms with Crippen molar-refractivity contribution >= 4 is 5.97 Å². The van der Waals surface area contributed by atoms with Gasteiger partial charge < -0.3 is 26.7 Å². The van der Waals surface area contributed by atoms with Gasteiger partial charge in [0.25, 0.3) is 0 Å². The van der Waals surface area contributed by atoms with Crippen LogP contribution in [0.5, 0.6) is 0 Å². The van der Waals surface area contributed by atoms with Crippen molar-refractivity contribution in [2.24, 2.45) is 28.0 Å². The number of esters is 1. The maximum absolute atomic E-state index is 11.9. The Hall–Kier alpha value is -0.690. The minimum absolute atomic E-state index is 0.00188. The minimum Gasteiger partial charge on any atom is -0.464 e. The van der Waals surface area contributed by atoms with Gasteiger partial charge in [-0.25, -0.2) is 0 Å². The van der Waals surface area contributed by atoms with E-state index in [1.165, 1.54) is 0 Å². The molecule has 0 saturated heterocycles. The number of hydrogen-bond donors (Lipinski definition) is 3. The molecular weight excluding hydrogens is 294 g/mol. The van der Waals surface area contributed by atoms with Crippen LogP contribution >= 0.6 is 0 Å². The van der Waals surface area contributed by atoms with Crippen LogP contribution < -0.4 is 17.2 Å². The largest absolute Gasteiger partial charge is 0.464 e. The third-order valence-electron chi connectivity index (χ3n) is 4.17. The van der Waals surface area contributed by atoms with Crippen molar-refractivity contribution in [1.82, 2.24) is 0 Å². The molecule has 0 saturated carbocycles. The van der Waals surface area contributed by atoms with E-state index in [1.54, 1.807) is 0 Å². The molecule has 0 aliphatic heterocycles. The van der Waals surface area contributed by atoms with Crippen molar-refractivity contribution in [2.75, 3.05) is 32.9 Å². The molecule has 0 rings (SSSR count). The predicted octanol–water partition coefficient (Wildman–Crippen LogP) is 1.40. The maximum atomic E-state index is 11.9. The molecule has 2 atom stereocenters. The summed E-state index contributed by atoms with van der Waals surface area (Å²) in [6, 6.07) is -0.570. The lowest BCUT2D eigenvalue weighted by atomic mass is 9.88. The van der Waals surface area contributed by atoms with Crippen LogP contribution in [0, 0.1) is 10.8 Å². The molecule has 2 unspecified atom stereocenters. The van der Waals surface area contributed by atoms with E-state index in [9.17, 15) is 4.79 Å². The number of nitrogens with two attached hydrogens (primary N) is 3. The first-order valence-corrected chi connectivity index (χ1v) is 8.60. The lowest BCUT2D eigenvalue weighted by Crippen LogP contribution is -2.37. The molecular formula is C17H37N3O3. The first-order valence-electron chi connectivity index (χ1n) is 8.60. The summed E-state index contributed by atoms with van der Waals surface area (Å²) in [4.78, 5) is 11.9. The fourth-order valence-electron chi connectivity index (χ4n) is 1.92. The van der Waals surface area contributed by atoms with Crippen LogP contribution in [0.3, 0.4) is 0 Å². The van der Waals surface area contributed by atoms with Crippen LogP contribution in [-0.4, -0.2) is 44.9 Å². The molecule has 0 amide bonds. The van der Waals surface area contributed by atoms with Gasteiger partial charge in [0.1, 0.15) is 6.04 Å². The first-order chi connectivity index (χ1) is 10.7. The molecule has 0 aromatic heterocycles. The molecule has 0 radical (unpaired) electrons. The highest BCUT2D eigenvalue weighted by Gasteiger charge is 2.26. The molecule has 0 aromatic carbocycles. The molecule has 0 spiro atoms. The zero-order chi connectivity index (χ0) is 17.9. The predicted molar refractivity (Wildman–Crippen MR) is 93.9 cm³/mol. The Labute approximate surface area is 141 Å². The topological polar surface area (TPSA) is 114 Å². The number of ether oxygens (including phenoxy) is 2. The standard InChI is InChI=1S/C17H37N3O3/c1-5-17(4,10-19)13-22-11-16(2,3)12-23-15(21)14(20)8-6-7-9-18/h14H,5-13,18-20H2,1-4H3. The second-order valence-corrected chi connectivity index (χ2v) is 7.52. The van der Waals surface area contributed by atoms with E-state index in [4.69, 9.17) is 26.7 Å². The van der Waals surface area contributed by atoms with E-state index in [0.29, 0.717) is 39.3 Å². The van der Waals surface area contributed by atoms with Crippen LogP contribution in [-0.2, 0) is 14.3 Å². The number of rotatable bonds is 13. The van der Waals surface area contributed by atoms with E-state index in [-0.39, 0.29) is 16.8 Å². The molecule has 6 N–H and O–H groups in total. The van der Waals surface area contributed by atoms with Crippen LogP contribution in [0.15, 0.2) is 0 Å². The maximum Gasteiger partial charge on any atom is 0.322 e. The quantitative estimate of drug-likeness (QED) is 0.347. The van der Waals surface area contributed by atoms with E-state index >= 15 is 0 Å². The van der Waals surface area contributed by atoms with Crippen molar-refractivity contribution < 1.29 is 14.3 Å². The van der Waals surface area contributed by atoms with Gasteiger partial charge in [0.05, 0.1) is 19.8 Å². The molecule has 0 aliphatic rings. The lowest BCUT2D eigenvalue weighted by Gasteiger charge is -2.30. The van der Waals surface area contributed by atoms with Gasteiger partial charge in [-0.1, -0.05) is 34.1 Å². The zero-order valence-electron chi connectivity index (χ0n) is 15.4. The van der Waals surface area contributed by atoms with Crippen molar-refractivity contribution in [3.05, 3.63) is 0 Å².